The van der Waals surface area contributed by atoms with Gasteiger partial charge in [-0.15, -0.1) is 11.6 Å². The van der Waals surface area contributed by atoms with Crippen molar-refractivity contribution in [3.63, 3.8) is 0 Å². The second kappa shape index (κ2) is 36.9. The van der Waals surface area contributed by atoms with Gasteiger partial charge in [0.2, 0.25) is 70.9 Å². The second-order valence-electron chi connectivity index (χ2n) is 30.3. The SMILES string of the molecule is CC[C@H](C)[C@@H]1NC(=O)[C@H](CC(C)C)N(C)C(=O)C[C@@H](C(=O)N2CCCCC2)N(C)C(=O)[C@H](CCS(C)(=O)=O)N(C)C(=O)C2(CCCC2)NC(=O)[C@@H]2CCCN2C(=O)[C@H](CCC2CCC(C(F)(F)F)C(Cl)C2)NC(=O)CN(C)C(=O)[C@H](CC2CCCCC2)N(C)C(=O)CN(C)C(=O)CN(C)C1=O. The van der Waals surface area contributed by atoms with E-state index in [0.717, 1.165) is 69.3 Å². The van der Waals surface area contributed by atoms with Gasteiger partial charge in [0.15, 0.2) is 0 Å². The summed E-state index contributed by atoms with van der Waals surface area (Å²) in [5, 5.41) is 7.36. The molecule has 3 saturated carbocycles. The normalized spacial score (nSPS) is 29.0. The second-order valence-corrected chi connectivity index (χ2v) is 33.2. The molecule has 11 atom stereocenters. The van der Waals surface area contributed by atoms with Crippen LogP contribution < -0.4 is 16.0 Å². The van der Waals surface area contributed by atoms with Crippen LogP contribution in [0.5, 0.6) is 0 Å². The largest absolute Gasteiger partial charge is 0.393 e. The number of rotatable bonds is 13. The highest BCUT2D eigenvalue weighted by Gasteiger charge is 2.51. The molecule has 101 heavy (non-hydrogen) atoms. The number of likely N-dealkylation sites (tertiary alicyclic amines) is 1. The van der Waals surface area contributed by atoms with Crippen LogP contribution in [-0.2, 0) is 67.4 Å². The number of hydrogen-bond acceptors (Lipinski definition) is 14. The number of carbonyl (C=O) groups excluding carboxylic acids is 12. The molecule has 3 unspecified atom stereocenters. The predicted molar refractivity (Wildman–Crippen MR) is 372 cm³/mol. The van der Waals surface area contributed by atoms with E-state index in [-0.39, 0.29) is 82.6 Å². The summed E-state index contributed by atoms with van der Waals surface area (Å²) in [7, 11) is 5.64. The zero-order valence-electron chi connectivity index (χ0n) is 61.6. The molecule has 12 amide bonds. The lowest BCUT2D eigenvalue weighted by Gasteiger charge is -2.41. The Hall–Kier alpha value is -6.33. The Morgan fingerprint density at radius 3 is 1.80 bits per heavy atom. The van der Waals surface area contributed by atoms with Crippen molar-refractivity contribution in [2.24, 2.45) is 29.6 Å². The highest BCUT2D eigenvalue weighted by atomic mass is 35.5. The lowest BCUT2D eigenvalue weighted by Crippen LogP contribution is -2.64. The quantitative estimate of drug-likeness (QED) is 0.216. The van der Waals surface area contributed by atoms with E-state index in [1.165, 1.54) is 68.9 Å². The molecule has 6 aliphatic rings. The number of halogens is 4. The van der Waals surface area contributed by atoms with E-state index in [4.69, 9.17) is 11.6 Å². The zero-order valence-corrected chi connectivity index (χ0v) is 63.2. The summed E-state index contributed by atoms with van der Waals surface area (Å²) in [5.74, 6) is -12.1. The van der Waals surface area contributed by atoms with Crippen molar-refractivity contribution in [1.29, 1.82) is 0 Å². The number of fused-ring (bicyclic) bond motifs is 1. The fourth-order valence-corrected chi connectivity index (χ4v) is 16.7. The summed E-state index contributed by atoms with van der Waals surface area (Å²) in [4.78, 5) is 189. The summed E-state index contributed by atoms with van der Waals surface area (Å²) in [5.41, 5.74) is -1.72. The number of alkyl halides is 4. The average molecular weight is 1470 g/mol. The van der Waals surface area contributed by atoms with E-state index in [1.807, 2.05) is 13.8 Å². The number of likely N-dealkylation sites (N-methyl/N-ethyl adjacent to an activating group) is 7. The first-order chi connectivity index (χ1) is 47.3. The van der Waals surface area contributed by atoms with Crippen LogP contribution in [0.1, 0.15) is 182 Å². The third-order valence-electron chi connectivity index (χ3n) is 22.2. The molecule has 26 nitrogen and oxygen atoms in total. The van der Waals surface area contributed by atoms with Gasteiger partial charge in [-0.25, -0.2) is 8.42 Å². The van der Waals surface area contributed by atoms with Crippen LogP contribution in [0.4, 0.5) is 13.2 Å². The van der Waals surface area contributed by atoms with Crippen LogP contribution in [0.3, 0.4) is 0 Å². The molecule has 0 aromatic heterocycles. The van der Waals surface area contributed by atoms with E-state index in [9.17, 15) is 59.9 Å². The smallest absolute Gasteiger partial charge is 0.343 e. The van der Waals surface area contributed by atoms with Gasteiger partial charge < -0.3 is 60.0 Å². The molecule has 3 saturated heterocycles. The molecule has 0 aromatic carbocycles. The number of amides is 12. The number of piperidine rings is 1. The maximum Gasteiger partial charge on any atom is 0.393 e. The predicted octanol–water partition coefficient (Wildman–Crippen LogP) is 4.34. The highest BCUT2D eigenvalue weighted by Crippen LogP contribution is 2.44. The minimum atomic E-state index is -4.53. The first-order valence-electron chi connectivity index (χ1n) is 36.5. The minimum absolute atomic E-state index is 0.0100. The molecular formula is C70H114ClF3N12O14S. The number of sulfone groups is 1. The van der Waals surface area contributed by atoms with Crippen molar-refractivity contribution < 1.29 is 79.1 Å². The molecule has 0 bridgehead atoms. The van der Waals surface area contributed by atoms with Gasteiger partial charge in [-0.05, 0) is 120 Å². The standard InChI is InChI=1S/C70H114ClF3N12O14S/c1-13-45(4)60-67(97)80(7)42-58(89)78(5)43-59(90)82(9)54(39-46-23-16-14-17-24-46)64(94)79(6)41-56(87)75-50(29-27-47-26-28-48(49(71)38-47)70(72,73)74)63(93)86-35-22-25-51(86)62(92)77-69(31-18-19-32-69)68(98)84(11)52(30-36-101(12,99)100)65(95)83(10)55(66(96)85-33-20-15-21-34-85)40-57(88)81(8)53(37-44(2)3)61(91)76-60/h44-55,60H,13-43H2,1-12H3,(H,75,87)(H,76,91)(H,77,92)/t45-,47?,48?,49?,50-,51-,52-,53-,54-,55-,60-/m0/s1. The summed E-state index contributed by atoms with van der Waals surface area (Å²) >= 11 is 6.38. The van der Waals surface area contributed by atoms with E-state index in [2.05, 4.69) is 16.0 Å². The molecule has 3 aliphatic carbocycles. The van der Waals surface area contributed by atoms with Crippen LogP contribution in [-0.4, -0.2) is 283 Å². The summed E-state index contributed by atoms with van der Waals surface area (Å²) < 4.78 is 68.1. The van der Waals surface area contributed by atoms with Gasteiger partial charge in [-0.3, -0.25) is 57.5 Å². The molecule has 0 radical (unpaired) electrons. The van der Waals surface area contributed by atoms with Crippen LogP contribution in [0.15, 0.2) is 0 Å². The Labute approximate surface area is 600 Å². The fourth-order valence-electron chi connectivity index (χ4n) is 15.5. The van der Waals surface area contributed by atoms with Crippen molar-refractivity contribution in [2.75, 3.05) is 101 Å². The Morgan fingerprint density at radius 1 is 0.604 bits per heavy atom. The van der Waals surface area contributed by atoms with Crippen molar-refractivity contribution in [1.82, 2.24) is 60.0 Å². The third kappa shape index (κ3) is 22.3. The van der Waals surface area contributed by atoms with Gasteiger partial charge in [-0.1, -0.05) is 79.1 Å². The lowest BCUT2D eigenvalue weighted by molar-refractivity contribution is -0.182. The minimum Gasteiger partial charge on any atom is -0.343 e. The van der Waals surface area contributed by atoms with E-state index in [1.54, 1.807) is 13.8 Å². The van der Waals surface area contributed by atoms with Gasteiger partial charge >= 0.3 is 6.18 Å². The van der Waals surface area contributed by atoms with Gasteiger partial charge in [0.05, 0.1) is 37.7 Å². The van der Waals surface area contributed by atoms with E-state index in [0.29, 0.717) is 51.6 Å². The topological polar surface area (TPSA) is 304 Å². The van der Waals surface area contributed by atoms with E-state index < -0.39 is 196 Å². The van der Waals surface area contributed by atoms with Crippen LogP contribution in [0, 0.1) is 29.6 Å². The Balaban J connectivity index is 1.43. The Kier molecular flexibility index (Phi) is 30.5. The Morgan fingerprint density at radius 2 is 1.21 bits per heavy atom. The molecule has 572 valence electrons. The average Bonchev–Trinajstić information content (AvgIpc) is 1.74. The number of hydrogen-bond donors (Lipinski definition) is 3. The van der Waals surface area contributed by atoms with Crippen molar-refractivity contribution in [3.05, 3.63) is 0 Å². The molecule has 0 aromatic rings. The number of carbonyl (C=O) groups is 12. The van der Waals surface area contributed by atoms with Gasteiger partial charge in [0, 0.05) is 80.6 Å². The lowest BCUT2D eigenvalue weighted by atomic mass is 9.78. The molecule has 6 fully saturated rings. The molecule has 3 aliphatic heterocycles. The first kappa shape index (κ1) is 83.6. The van der Waals surface area contributed by atoms with E-state index >= 15 is 19.2 Å². The fraction of sp³-hybridized carbons (Fsp3) is 0.829. The summed E-state index contributed by atoms with van der Waals surface area (Å²) in [6.45, 7) is 6.07. The highest BCUT2D eigenvalue weighted by molar-refractivity contribution is 7.90. The van der Waals surface area contributed by atoms with Gasteiger partial charge in [0.1, 0.15) is 57.7 Å². The van der Waals surface area contributed by atoms with Crippen LogP contribution in [0.2, 0.25) is 0 Å². The summed E-state index contributed by atoms with van der Waals surface area (Å²) in [6, 6.07) is -9.43. The molecule has 1 spiro atoms. The van der Waals surface area contributed by atoms with Crippen LogP contribution >= 0.6 is 11.6 Å². The van der Waals surface area contributed by atoms with Gasteiger partial charge in [-0.2, -0.15) is 13.2 Å². The monoisotopic (exact) mass is 1470 g/mol. The third-order valence-corrected chi connectivity index (χ3v) is 23.7. The zero-order chi connectivity index (χ0) is 75.2. The van der Waals surface area contributed by atoms with Gasteiger partial charge in [0.25, 0.3) is 0 Å². The Bertz CT molecular complexity index is 3080. The molecule has 6 rings (SSSR count). The van der Waals surface area contributed by atoms with Crippen LogP contribution in [0.25, 0.3) is 0 Å². The number of nitrogens with one attached hydrogen (secondary N) is 3. The number of nitrogens with zero attached hydrogens (tertiary/aromatic N) is 9. The van der Waals surface area contributed by atoms with Crippen molar-refractivity contribution in [3.8, 4) is 0 Å². The summed E-state index contributed by atoms with van der Waals surface area (Å²) in [6.07, 6.45) is 3.49. The van der Waals surface area contributed by atoms with Crippen molar-refractivity contribution >= 4 is 92.3 Å². The first-order valence-corrected chi connectivity index (χ1v) is 39.0. The molecule has 3 heterocycles. The maximum absolute atomic E-state index is 15.5. The molecular weight excluding hydrogens is 1360 g/mol. The molecule has 3 N–H and O–H groups in total. The molecule has 31 heteroatoms. The van der Waals surface area contributed by atoms with Crippen molar-refractivity contribution in [2.45, 2.75) is 241 Å². The maximum atomic E-state index is 15.5.